The van der Waals surface area contributed by atoms with Crippen molar-refractivity contribution < 1.29 is 14.3 Å². The molecule has 0 spiro atoms. The SMILES string of the molecule is COC(=O)c1cncc(Oc2ccc(C)cc2)n1. The summed E-state index contributed by atoms with van der Waals surface area (Å²) in [5.41, 5.74) is 1.25. The summed E-state index contributed by atoms with van der Waals surface area (Å²) in [7, 11) is 1.29. The van der Waals surface area contributed by atoms with E-state index >= 15 is 0 Å². The summed E-state index contributed by atoms with van der Waals surface area (Å²) < 4.78 is 10.0. The third-order valence-corrected chi connectivity index (χ3v) is 2.25. The summed E-state index contributed by atoms with van der Waals surface area (Å²) in [5, 5.41) is 0. The van der Waals surface area contributed by atoms with Crippen LogP contribution < -0.4 is 4.74 Å². The van der Waals surface area contributed by atoms with Gasteiger partial charge in [0, 0.05) is 0 Å². The van der Waals surface area contributed by atoms with Crippen LogP contribution in [0.5, 0.6) is 11.6 Å². The van der Waals surface area contributed by atoms with Gasteiger partial charge in [0.25, 0.3) is 0 Å². The van der Waals surface area contributed by atoms with Gasteiger partial charge in [0.1, 0.15) is 5.75 Å². The Morgan fingerprint density at radius 3 is 2.56 bits per heavy atom. The first-order valence-electron chi connectivity index (χ1n) is 5.34. The molecule has 0 radical (unpaired) electrons. The first kappa shape index (κ1) is 12.0. The lowest BCUT2D eigenvalue weighted by Gasteiger charge is -2.05. The van der Waals surface area contributed by atoms with E-state index in [1.807, 2.05) is 31.2 Å². The second-order valence-corrected chi connectivity index (χ2v) is 3.65. The van der Waals surface area contributed by atoms with Crippen molar-refractivity contribution >= 4 is 5.97 Å². The minimum Gasteiger partial charge on any atom is -0.464 e. The van der Waals surface area contributed by atoms with E-state index in [4.69, 9.17) is 4.74 Å². The highest BCUT2D eigenvalue weighted by Gasteiger charge is 2.09. The molecule has 0 saturated carbocycles. The molecule has 0 N–H and O–H groups in total. The Kier molecular flexibility index (Phi) is 3.52. The van der Waals surface area contributed by atoms with Crippen molar-refractivity contribution in [2.75, 3.05) is 7.11 Å². The van der Waals surface area contributed by atoms with Crippen molar-refractivity contribution in [2.45, 2.75) is 6.92 Å². The number of esters is 1. The number of ether oxygens (including phenoxy) is 2. The Hall–Kier alpha value is -2.43. The van der Waals surface area contributed by atoms with Crippen molar-refractivity contribution in [2.24, 2.45) is 0 Å². The molecule has 5 heteroatoms. The zero-order valence-corrected chi connectivity index (χ0v) is 10.1. The van der Waals surface area contributed by atoms with Crippen LogP contribution in [0.25, 0.3) is 0 Å². The lowest BCUT2D eigenvalue weighted by molar-refractivity contribution is 0.0592. The number of carbonyl (C=O) groups is 1. The monoisotopic (exact) mass is 244 g/mol. The van der Waals surface area contributed by atoms with Crippen LogP contribution in [0.1, 0.15) is 16.1 Å². The van der Waals surface area contributed by atoms with Crippen LogP contribution in [0.3, 0.4) is 0 Å². The predicted molar refractivity (Wildman–Crippen MR) is 64.6 cm³/mol. The van der Waals surface area contributed by atoms with E-state index in [2.05, 4.69) is 14.7 Å². The van der Waals surface area contributed by atoms with Crippen LogP contribution in [-0.2, 0) is 4.74 Å². The van der Waals surface area contributed by atoms with Gasteiger partial charge < -0.3 is 9.47 Å². The first-order valence-corrected chi connectivity index (χ1v) is 5.34. The quantitative estimate of drug-likeness (QED) is 0.775. The lowest BCUT2D eigenvalue weighted by atomic mass is 10.2. The van der Waals surface area contributed by atoms with Crippen molar-refractivity contribution in [3.8, 4) is 11.6 Å². The molecule has 5 nitrogen and oxygen atoms in total. The van der Waals surface area contributed by atoms with Gasteiger partial charge in [0.05, 0.1) is 19.5 Å². The van der Waals surface area contributed by atoms with Gasteiger partial charge in [-0.2, -0.15) is 0 Å². The second-order valence-electron chi connectivity index (χ2n) is 3.65. The number of benzene rings is 1. The van der Waals surface area contributed by atoms with Gasteiger partial charge in [0.15, 0.2) is 5.69 Å². The molecule has 18 heavy (non-hydrogen) atoms. The average molecular weight is 244 g/mol. The number of methoxy groups -OCH3 is 1. The molecule has 2 aromatic rings. The molecule has 1 aromatic carbocycles. The molecule has 0 bridgehead atoms. The maximum absolute atomic E-state index is 11.3. The number of hydrogen-bond donors (Lipinski definition) is 0. The minimum atomic E-state index is -0.545. The zero-order valence-electron chi connectivity index (χ0n) is 10.1. The van der Waals surface area contributed by atoms with Gasteiger partial charge in [-0.3, -0.25) is 4.98 Å². The molecule has 0 aliphatic heterocycles. The Bertz CT molecular complexity index is 552. The van der Waals surface area contributed by atoms with Crippen molar-refractivity contribution in [1.82, 2.24) is 9.97 Å². The molecule has 0 atom stereocenters. The molecular formula is C13H12N2O3. The van der Waals surface area contributed by atoms with E-state index in [0.29, 0.717) is 5.75 Å². The van der Waals surface area contributed by atoms with Gasteiger partial charge in [-0.15, -0.1) is 0 Å². The van der Waals surface area contributed by atoms with Gasteiger partial charge in [-0.1, -0.05) is 17.7 Å². The molecule has 0 amide bonds. The number of aromatic nitrogens is 2. The molecule has 0 aliphatic rings. The smallest absolute Gasteiger partial charge is 0.358 e. The molecule has 0 aliphatic carbocycles. The number of hydrogen-bond acceptors (Lipinski definition) is 5. The largest absolute Gasteiger partial charge is 0.464 e. The first-order chi connectivity index (χ1) is 8.69. The summed E-state index contributed by atoms with van der Waals surface area (Å²) in [5.74, 6) is 0.343. The highest BCUT2D eigenvalue weighted by atomic mass is 16.5. The minimum absolute atomic E-state index is 0.113. The summed E-state index contributed by atoms with van der Waals surface area (Å²) in [6.45, 7) is 1.99. The maximum Gasteiger partial charge on any atom is 0.358 e. The molecule has 0 fully saturated rings. The van der Waals surface area contributed by atoms with E-state index in [9.17, 15) is 4.79 Å². The Morgan fingerprint density at radius 2 is 1.89 bits per heavy atom. The fourth-order valence-electron chi connectivity index (χ4n) is 1.33. The maximum atomic E-state index is 11.3. The molecule has 92 valence electrons. The van der Waals surface area contributed by atoms with E-state index in [0.717, 1.165) is 5.56 Å². The van der Waals surface area contributed by atoms with Gasteiger partial charge in [0.2, 0.25) is 5.88 Å². The van der Waals surface area contributed by atoms with Crippen molar-refractivity contribution in [3.63, 3.8) is 0 Å². The van der Waals surface area contributed by atoms with Crippen molar-refractivity contribution in [3.05, 3.63) is 47.9 Å². The van der Waals surface area contributed by atoms with E-state index in [-0.39, 0.29) is 11.6 Å². The number of rotatable bonds is 3. The summed E-state index contributed by atoms with van der Waals surface area (Å²) in [6.07, 6.45) is 2.76. The normalized spacial score (nSPS) is 9.89. The van der Waals surface area contributed by atoms with Gasteiger partial charge >= 0.3 is 5.97 Å². The van der Waals surface area contributed by atoms with Crippen LogP contribution in [0, 0.1) is 6.92 Å². The zero-order chi connectivity index (χ0) is 13.0. The third-order valence-electron chi connectivity index (χ3n) is 2.25. The Balaban J connectivity index is 2.19. The number of nitrogens with zero attached hydrogens (tertiary/aromatic N) is 2. The van der Waals surface area contributed by atoms with Crippen LogP contribution in [0.4, 0.5) is 0 Å². The van der Waals surface area contributed by atoms with E-state index in [1.54, 1.807) is 0 Å². The molecule has 1 heterocycles. The lowest BCUT2D eigenvalue weighted by Crippen LogP contribution is -2.05. The van der Waals surface area contributed by atoms with Crippen LogP contribution in [-0.4, -0.2) is 23.0 Å². The van der Waals surface area contributed by atoms with Gasteiger partial charge in [-0.25, -0.2) is 9.78 Å². The molecule has 1 aromatic heterocycles. The standard InChI is InChI=1S/C13H12N2O3/c1-9-3-5-10(6-4-9)18-12-8-14-7-11(15-12)13(16)17-2/h3-8H,1-2H3. The summed E-state index contributed by atoms with van der Waals surface area (Å²) in [4.78, 5) is 19.2. The Morgan fingerprint density at radius 1 is 1.17 bits per heavy atom. The molecular weight excluding hydrogens is 232 g/mol. The molecule has 0 unspecified atom stereocenters. The fraction of sp³-hybridized carbons (Fsp3) is 0.154. The molecule has 2 rings (SSSR count). The topological polar surface area (TPSA) is 61.3 Å². The van der Waals surface area contributed by atoms with E-state index < -0.39 is 5.97 Å². The summed E-state index contributed by atoms with van der Waals surface area (Å²) in [6, 6.07) is 7.49. The van der Waals surface area contributed by atoms with Crippen LogP contribution in [0.2, 0.25) is 0 Å². The number of carbonyl (C=O) groups excluding carboxylic acids is 1. The van der Waals surface area contributed by atoms with Gasteiger partial charge in [-0.05, 0) is 19.1 Å². The average Bonchev–Trinajstić information content (AvgIpc) is 2.41. The van der Waals surface area contributed by atoms with Crippen LogP contribution >= 0.6 is 0 Å². The molecule has 0 saturated heterocycles. The van der Waals surface area contributed by atoms with Crippen LogP contribution in [0.15, 0.2) is 36.7 Å². The fourth-order valence-corrected chi connectivity index (χ4v) is 1.33. The highest BCUT2D eigenvalue weighted by molar-refractivity contribution is 5.86. The number of aryl methyl sites for hydroxylation is 1. The van der Waals surface area contributed by atoms with Crippen molar-refractivity contribution in [1.29, 1.82) is 0 Å². The Labute approximate surface area is 104 Å². The second kappa shape index (κ2) is 5.27. The van der Waals surface area contributed by atoms with E-state index in [1.165, 1.54) is 19.5 Å². The summed E-state index contributed by atoms with van der Waals surface area (Å²) >= 11 is 0. The third kappa shape index (κ3) is 2.82. The predicted octanol–water partition coefficient (Wildman–Crippen LogP) is 2.36. The highest BCUT2D eigenvalue weighted by Crippen LogP contribution is 2.19.